The third kappa shape index (κ3) is 3.72. The smallest absolute Gasteiger partial charge is 0.242 e. The maximum Gasteiger partial charge on any atom is 0.242 e. The molecule has 0 aromatic carbocycles. The van der Waals surface area contributed by atoms with Crippen LogP contribution in [-0.2, 0) is 16.1 Å². The van der Waals surface area contributed by atoms with Crippen molar-refractivity contribution in [2.45, 2.75) is 50.7 Å². The number of fused-ring (bicyclic) bond motifs is 1. The number of amides is 2. The fraction of sp³-hybridized carbons (Fsp3) is 0.688. The Labute approximate surface area is 136 Å². The summed E-state index contributed by atoms with van der Waals surface area (Å²) in [6, 6.07) is 0.451. The lowest BCUT2D eigenvalue weighted by Gasteiger charge is -2.44. The van der Waals surface area contributed by atoms with Crippen LogP contribution in [0, 0.1) is 0 Å². The summed E-state index contributed by atoms with van der Waals surface area (Å²) >= 11 is 0. The number of rotatable bonds is 4. The fourth-order valence-electron chi connectivity index (χ4n) is 3.98. The van der Waals surface area contributed by atoms with E-state index in [1.807, 2.05) is 15.7 Å². The third-order valence-electron chi connectivity index (χ3n) is 4.96. The molecule has 2 aliphatic heterocycles. The molecule has 2 aliphatic rings. The van der Waals surface area contributed by atoms with E-state index in [0.29, 0.717) is 13.1 Å². The van der Waals surface area contributed by atoms with Gasteiger partial charge in [0.05, 0.1) is 12.9 Å². The lowest BCUT2D eigenvalue weighted by atomic mass is 9.92. The SMILES string of the molecule is NC(=O)CN1CCCC[C@@H]2[C@H]1CCCN2C(=O)Cn1ccnc1. The zero-order valence-corrected chi connectivity index (χ0v) is 13.4. The molecule has 2 atom stereocenters. The molecule has 0 radical (unpaired) electrons. The molecule has 0 bridgehead atoms. The summed E-state index contributed by atoms with van der Waals surface area (Å²) in [6.07, 6.45) is 10.3. The molecule has 23 heavy (non-hydrogen) atoms. The highest BCUT2D eigenvalue weighted by Gasteiger charge is 2.38. The van der Waals surface area contributed by atoms with Gasteiger partial charge in [-0.3, -0.25) is 14.5 Å². The summed E-state index contributed by atoms with van der Waals surface area (Å²) in [7, 11) is 0. The summed E-state index contributed by atoms with van der Waals surface area (Å²) in [5.41, 5.74) is 5.41. The summed E-state index contributed by atoms with van der Waals surface area (Å²) in [5.74, 6) is -0.147. The predicted molar refractivity (Wildman–Crippen MR) is 85.4 cm³/mol. The van der Waals surface area contributed by atoms with Crippen LogP contribution in [0.3, 0.4) is 0 Å². The number of imidazole rings is 1. The van der Waals surface area contributed by atoms with Crippen molar-refractivity contribution in [3.05, 3.63) is 18.7 Å². The van der Waals surface area contributed by atoms with Gasteiger partial charge in [-0.1, -0.05) is 6.42 Å². The van der Waals surface area contributed by atoms with Crippen molar-refractivity contribution in [1.29, 1.82) is 0 Å². The van der Waals surface area contributed by atoms with Crippen LogP contribution < -0.4 is 5.73 Å². The van der Waals surface area contributed by atoms with Gasteiger partial charge in [0.15, 0.2) is 0 Å². The van der Waals surface area contributed by atoms with Crippen LogP contribution in [0.25, 0.3) is 0 Å². The zero-order valence-electron chi connectivity index (χ0n) is 13.4. The number of carbonyl (C=O) groups is 2. The Kier molecular flexibility index (Phi) is 4.95. The molecule has 3 heterocycles. The van der Waals surface area contributed by atoms with Crippen LogP contribution in [0.2, 0.25) is 0 Å². The molecule has 7 nitrogen and oxygen atoms in total. The molecule has 3 rings (SSSR count). The Morgan fingerprint density at radius 1 is 1.09 bits per heavy atom. The van der Waals surface area contributed by atoms with Gasteiger partial charge in [-0.2, -0.15) is 0 Å². The molecule has 2 amide bonds. The molecular formula is C16H25N5O2. The second-order valence-corrected chi connectivity index (χ2v) is 6.53. The van der Waals surface area contributed by atoms with Crippen molar-refractivity contribution < 1.29 is 9.59 Å². The number of nitrogens with two attached hydrogens (primary N) is 1. The number of nitrogens with zero attached hydrogens (tertiary/aromatic N) is 4. The number of likely N-dealkylation sites (tertiary alicyclic amines) is 2. The van der Waals surface area contributed by atoms with Crippen molar-refractivity contribution in [2.24, 2.45) is 5.73 Å². The molecule has 126 valence electrons. The molecule has 0 aliphatic carbocycles. The molecule has 7 heteroatoms. The van der Waals surface area contributed by atoms with Gasteiger partial charge in [-0.25, -0.2) is 4.98 Å². The van der Waals surface area contributed by atoms with Gasteiger partial charge < -0.3 is 15.2 Å². The van der Waals surface area contributed by atoms with Crippen molar-refractivity contribution >= 4 is 11.8 Å². The second-order valence-electron chi connectivity index (χ2n) is 6.53. The molecule has 0 spiro atoms. The molecule has 2 saturated heterocycles. The van der Waals surface area contributed by atoms with Crippen LogP contribution in [-0.4, -0.2) is 62.9 Å². The van der Waals surface area contributed by atoms with E-state index in [1.165, 1.54) is 0 Å². The van der Waals surface area contributed by atoms with Gasteiger partial charge in [0.2, 0.25) is 11.8 Å². The van der Waals surface area contributed by atoms with E-state index in [1.54, 1.807) is 12.5 Å². The number of carbonyl (C=O) groups excluding carboxylic acids is 2. The molecule has 2 fully saturated rings. The third-order valence-corrected chi connectivity index (χ3v) is 4.96. The summed E-state index contributed by atoms with van der Waals surface area (Å²) in [4.78, 5) is 32.3. The first-order valence-electron chi connectivity index (χ1n) is 8.42. The Morgan fingerprint density at radius 2 is 1.91 bits per heavy atom. The van der Waals surface area contributed by atoms with Crippen molar-refractivity contribution in [1.82, 2.24) is 19.4 Å². The molecule has 2 N–H and O–H groups in total. The number of aromatic nitrogens is 2. The monoisotopic (exact) mass is 319 g/mol. The fourth-order valence-corrected chi connectivity index (χ4v) is 3.98. The van der Waals surface area contributed by atoms with Crippen molar-refractivity contribution in [3.63, 3.8) is 0 Å². The van der Waals surface area contributed by atoms with E-state index in [4.69, 9.17) is 5.73 Å². The molecule has 1 aromatic heterocycles. The minimum atomic E-state index is -0.285. The van der Waals surface area contributed by atoms with Crippen molar-refractivity contribution in [3.8, 4) is 0 Å². The lowest BCUT2D eigenvalue weighted by Crippen LogP contribution is -2.57. The maximum absolute atomic E-state index is 12.7. The molecule has 0 saturated carbocycles. The summed E-state index contributed by atoms with van der Waals surface area (Å²) < 4.78 is 1.81. The zero-order chi connectivity index (χ0) is 16.2. The Balaban J connectivity index is 1.73. The molecular weight excluding hydrogens is 294 g/mol. The van der Waals surface area contributed by atoms with Gasteiger partial charge in [0, 0.05) is 31.0 Å². The van der Waals surface area contributed by atoms with E-state index in [2.05, 4.69) is 9.88 Å². The average Bonchev–Trinajstić information content (AvgIpc) is 2.94. The number of piperidine rings is 1. The van der Waals surface area contributed by atoms with E-state index >= 15 is 0 Å². The first-order chi connectivity index (χ1) is 11.1. The Morgan fingerprint density at radius 3 is 2.65 bits per heavy atom. The van der Waals surface area contributed by atoms with Crippen LogP contribution in [0.1, 0.15) is 32.1 Å². The van der Waals surface area contributed by atoms with E-state index in [0.717, 1.165) is 45.2 Å². The highest BCUT2D eigenvalue weighted by atomic mass is 16.2. The maximum atomic E-state index is 12.7. The largest absolute Gasteiger partial charge is 0.369 e. The Hall–Kier alpha value is -1.89. The highest BCUT2D eigenvalue weighted by Crippen LogP contribution is 2.29. The topological polar surface area (TPSA) is 84.5 Å². The van der Waals surface area contributed by atoms with Crippen LogP contribution in [0.15, 0.2) is 18.7 Å². The molecule has 0 unspecified atom stereocenters. The first kappa shape index (κ1) is 16.0. The number of hydrogen-bond donors (Lipinski definition) is 1. The van der Waals surface area contributed by atoms with E-state index in [9.17, 15) is 9.59 Å². The number of primary amides is 1. The van der Waals surface area contributed by atoms with Crippen LogP contribution in [0.5, 0.6) is 0 Å². The Bertz CT molecular complexity index is 545. The normalized spacial score (nSPS) is 25.7. The van der Waals surface area contributed by atoms with Gasteiger partial charge in [0.1, 0.15) is 6.54 Å². The van der Waals surface area contributed by atoms with E-state index < -0.39 is 0 Å². The first-order valence-corrected chi connectivity index (χ1v) is 8.42. The van der Waals surface area contributed by atoms with Crippen LogP contribution in [0.4, 0.5) is 0 Å². The minimum absolute atomic E-state index is 0.138. The van der Waals surface area contributed by atoms with Gasteiger partial charge in [0.25, 0.3) is 0 Å². The second kappa shape index (κ2) is 7.12. The number of hydrogen-bond acceptors (Lipinski definition) is 4. The van der Waals surface area contributed by atoms with Gasteiger partial charge in [-0.15, -0.1) is 0 Å². The quantitative estimate of drug-likeness (QED) is 0.860. The lowest BCUT2D eigenvalue weighted by molar-refractivity contribution is -0.138. The standard InChI is InChI=1S/C16H25N5O2/c17-15(22)10-20-7-2-1-4-14-13(20)5-3-8-21(14)16(23)11-19-9-6-18-12-19/h6,9,12-14H,1-5,7-8,10-11H2,(H2,17,22)/t13-,14-/m1/s1. The highest BCUT2D eigenvalue weighted by molar-refractivity contribution is 5.77. The van der Waals surface area contributed by atoms with Gasteiger partial charge in [-0.05, 0) is 32.2 Å². The summed E-state index contributed by atoms with van der Waals surface area (Å²) in [6.45, 7) is 2.33. The summed E-state index contributed by atoms with van der Waals surface area (Å²) in [5, 5.41) is 0. The van der Waals surface area contributed by atoms with Gasteiger partial charge >= 0.3 is 0 Å². The molecule has 1 aromatic rings. The van der Waals surface area contributed by atoms with Crippen LogP contribution >= 0.6 is 0 Å². The van der Waals surface area contributed by atoms with E-state index in [-0.39, 0.29) is 23.9 Å². The predicted octanol–water partition coefficient (Wildman–Crippen LogP) is 0.214. The minimum Gasteiger partial charge on any atom is -0.369 e. The average molecular weight is 319 g/mol. The van der Waals surface area contributed by atoms with Crippen molar-refractivity contribution in [2.75, 3.05) is 19.6 Å².